The van der Waals surface area contributed by atoms with Crippen molar-refractivity contribution < 1.29 is 25.8 Å². The van der Waals surface area contributed by atoms with E-state index in [2.05, 4.69) is 0 Å². The van der Waals surface area contributed by atoms with Gasteiger partial charge in [-0.2, -0.15) is 26.9 Å². The minimum absolute atomic E-state index is 0.0285. The molecule has 27 heavy (non-hydrogen) atoms. The van der Waals surface area contributed by atoms with Crippen molar-refractivity contribution in [3.63, 3.8) is 0 Å². The molecule has 0 atom stereocenters. The molecule has 142 valence electrons. The van der Waals surface area contributed by atoms with Crippen LogP contribution in [0.1, 0.15) is 16.7 Å². The highest BCUT2D eigenvalue weighted by molar-refractivity contribution is 7.86. The van der Waals surface area contributed by atoms with Crippen LogP contribution >= 0.6 is 23.2 Å². The van der Waals surface area contributed by atoms with Gasteiger partial charge in [0.15, 0.2) is 5.76 Å². The standard InChI is InChI=1S/C17H10Cl2F3NO3S/c1-27(24,25)26-16(12-4-2-3-5-14(12)17(20,21)22)13(9-23)11-7-6-10(18)8-15(11)19/h2-8H,1H3. The molecule has 0 unspecified atom stereocenters. The number of allylic oxidation sites excluding steroid dienone is 1. The summed E-state index contributed by atoms with van der Waals surface area (Å²) in [6.45, 7) is 0. The zero-order valence-electron chi connectivity index (χ0n) is 13.5. The van der Waals surface area contributed by atoms with Crippen LogP contribution in [0.2, 0.25) is 10.0 Å². The largest absolute Gasteiger partial charge is 0.417 e. The normalized spacial score (nSPS) is 12.9. The fraction of sp³-hybridized carbons (Fsp3) is 0.118. The van der Waals surface area contributed by atoms with Gasteiger partial charge in [-0.3, -0.25) is 0 Å². The van der Waals surface area contributed by atoms with Crippen molar-refractivity contribution in [2.75, 3.05) is 6.26 Å². The number of benzene rings is 2. The van der Waals surface area contributed by atoms with Gasteiger partial charge in [0.05, 0.1) is 16.8 Å². The highest BCUT2D eigenvalue weighted by Gasteiger charge is 2.36. The summed E-state index contributed by atoms with van der Waals surface area (Å²) in [6, 6.07) is 9.72. The highest BCUT2D eigenvalue weighted by atomic mass is 35.5. The molecule has 0 bridgehead atoms. The molecule has 0 saturated heterocycles. The molecule has 0 N–H and O–H groups in total. The third-order valence-electron chi connectivity index (χ3n) is 3.25. The first-order chi connectivity index (χ1) is 12.4. The summed E-state index contributed by atoms with van der Waals surface area (Å²) in [6.07, 6.45) is -4.16. The van der Waals surface area contributed by atoms with Gasteiger partial charge in [-0.1, -0.05) is 47.5 Å². The lowest BCUT2D eigenvalue weighted by Crippen LogP contribution is -2.12. The van der Waals surface area contributed by atoms with Gasteiger partial charge >= 0.3 is 16.3 Å². The summed E-state index contributed by atoms with van der Waals surface area (Å²) in [5.41, 5.74) is -2.29. The van der Waals surface area contributed by atoms with Gasteiger partial charge in [0.2, 0.25) is 0 Å². The average Bonchev–Trinajstić information content (AvgIpc) is 2.54. The first-order valence-electron chi connectivity index (χ1n) is 7.10. The van der Waals surface area contributed by atoms with Crippen LogP contribution < -0.4 is 0 Å². The molecule has 0 heterocycles. The Morgan fingerprint density at radius 2 is 1.74 bits per heavy atom. The fourth-order valence-corrected chi connectivity index (χ4v) is 3.21. The summed E-state index contributed by atoms with van der Waals surface area (Å²) in [5.74, 6) is -0.780. The smallest absolute Gasteiger partial charge is 0.380 e. The van der Waals surface area contributed by atoms with Crippen LogP contribution in [0, 0.1) is 11.3 Å². The van der Waals surface area contributed by atoms with E-state index in [9.17, 15) is 26.9 Å². The average molecular weight is 436 g/mol. The number of hydrogen-bond acceptors (Lipinski definition) is 4. The SMILES string of the molecule is CS(=O)(=O)OC(=C(C#N)c1ccc(Cl)cc1Cl)c1ccccc1C(F)(F)F. The number of hydrogen-bond donors (Lipinski definition) is 0. The van der Waals surface area contributed by atoms with Gasteiger partial charge < -0.3 is 4.18 Å². The first kappa shape index (κ1) is 21.1. The zero-order chi connectivity index (χ0) is 20.4. The van der Waals surface area contributed by atoms with E-state index < -0.39 is 38.8 Å². The molecule has 0 fully saturated rings. The predicted octanol–water partition coefficient (Wildman–Crippen LogP) is 5.38. The van der Waals surface area contributed by atoms with Gasteiger partial charge in [-0.25, -0.2) is 0 Å². The predicted molar refractivity (Wildman–Crippen MR) is 96.3 cm³/mol. The second-order valence-electron chi connectivity index (χ2n) is 5.27. The lowest BCUT2D eigenvalue weighted by molar-refractivity contribution is -0.137. The maximum atomic E-state index is 13.4. The van der Waals surface area contributed by atoms with Crippen LogP contribution in [0.5, 0.6) is 0 Å². The Kier molecular flexibility index (Phi) is 6.10. The molecule has 0 aliphatic carbocycles. The molecule has 2 rings (SSSR count). The van der Waals surface area contributed by atoms with E-state index in [-0.39, 0.29) is 15.6 Å². The summed E-state index contributed by atoms with van der Waals surface area (Å²) >= 11 is 11.8. The van der Waals surface area contributed by atoms with Crippen LogP contribution in [0.25, 0.3) is 11.3 Å². The van der Waals surface area contributed by atoms with Gasteiger partial charge in [0.25, 0.3) is 0 Å². The Balaban J connectivity index is 2.91. The molecule has 2 aromatic carbocycles. The van der Waals surface area contributed by atoms with Gasteiger partial charge in [-0.15, -0.1) is 0 Å². The second-order valence-corrected chi connectivity index (χ2v) is 7.69. The molecule has 0 radical (unpaired) electrons. The molecular weight excluding hydrogens is 426 g/mol. The van der Waals surface area contributed by atoms with E-state index in [1.807, 2.05) is 0 Å². The van der Waals surface area contributed by atoms with Crippen LogP contribution in [0.3, 0.4) is 0 Å². The third-order valence-corrected chi connectivity index (χ3v) is 4.27. The minimum atomic E-state index is -4.81. The van der Waals surface area contributed by atoms with Crippen molar-refractivity contribution in [3.8, 4) is 6.07 Å². The molecule has 0 saturated carbocycles. The quantitative estimate of drug-likeness (QED) is 0.279. The van der Waals surface area contributed by atoms with Crippen molar-refractivity contribution in [2.45, 2.75) is 6.18 Å². The lowest BCUT2D eigenvalue weighted by atomic mass is 9.98. The maximum Gasteiger partial charge on any atom is 0.417 e. The monoisotopic (exact) mass is 435 g/mol. The molecule has 0 aromatic heterocycles. The first-order valence-corrected chi connectivity index (χ1v) is 9.67. The Hall–Kier alpha value is -2.21. The van der Waals surface area contributed by atoms with Gasteiger partial charge in [0, 0.05) is 16.1 Å². The Bertz CT molecular complexity index is 1060. The zero-order valence-corrected chi connectivity index (χ0v) is 15.8. The van der Waals surface area contributed by atoms with Crippen LogP contribution in [-0.4, -0.2) is 14.7 Å². The molecule has 0 aliphatic heterocycles. The number of rotatable bonds is 4. The molecular formula is C17H10Cl2F3NO3S. The highest BCUT2D eigenvalue weighted by Crippen LogP contribution is 2.39. The lowest BCUT2D eigenvalue weighted by Gasteiger charge is -2.17. The molecule has 0 aliphatic rings. The van der Waals surface area contributed by atoms with E-state index in [4.69, 9.17) is 27.4 Å². The molecule has 10 heteroatoms. The van der Waals surface area contributed by atoms with Gasteiger partial charge in [0.1, 0.15) is 11.6 Å². The van der Waals surface area contributed by atoms with Crippen LogP contribution in [0.4, 0.5) is 13.2 Å². The number of nitriles is 1. The maximum absolute atomic E-state index is 13.4. The number of nitrogens with zero attached hydrogens (tertiary/aromatic N) is 1. The van der Waals surface area contributed by atoms with E-state index >= 15 is 0 Å². The summed E-state index contributed by atoms with van der Waals surface area (Å²) in [7, 11) is -4.26. The Labute approximate surface area is 163 Å². The van der Waals surface area contributed by atoms with E-state index in [1.54, 1.807) is 6.07 Å². The minimum Gasteiger partial charge on any atom is -0.380 e. The van der Waals surface area contributed by atoms with Gasteiger partial charge in [-0.05, 0) is 18.2 Å². The van der Waals surface area contributed by atoms with Crippen molar-refractivity contribution >= 4 is 44.7 Å². The van der Waals surface area contributed by atoms with Crippen molar-refractivity contribution in [1.29, 1.82) is 5.26 Å². The van der Waals surface area contributed by atoms with Crippen molar-refractivity contribution in [3.05, 3.63) is 69.2 Å². The van der Waals surface area contributed by atoms with Crippen LogP contribution in [-0.2, 0) is 20.5 Å². The Morgan fingerprint density at radius 1 is 1.11 bits per heavy atom. The van der Waals surface area contributed by atoms with E-state index in [1.165, 1.54) is 24.3 Å². The van der Waals surface area contributed by atoms with Crippen molar-refractivity contribution in [1.82, 2.24) is 0 Å². The summed E-state index contributed by atoms with van der Waals surface area (Å²) in [4.78, 5) is 0. The molecule has 0 spiro atoms. The van der Waals surface area contributed by atoms with E-state index in [0.29, 0.717) is 6.26 Å². The third kappa shape index (κ3) is 5.16. The number of alkyl halides is 3. The Morgan fingerprint density at radius 3 is 2.26 bits per heavy atom. The summed E-state index contributed by atoms with van der Waals surface area (Å²) < 4.78 is 68.3. The van der Waals surface area contributed by atoms with E-state index in [0.717, 1.165) is 18.2 Å². The molecule has 2 aromatic rings. The second kappa shape index (κ2) is 7.80. The summed E-state index contributed by atoms with van der Waals surface area (Å²) in [5, 5.41) is 9.71. The van der Waals surface area contributed by atoms with Crippen LogP contribution in [0.15, 0.2) is 42.5 Å². The molecule has 0 amide bonds. The molecule has 4 nitrogen and oxygen atoms in total. The van der Waals surface area contributed by atoms with Crippen molar-refractivity contribution in [2.24, 2.45) is 0 Å². The topological polar surface area (TPSA) is 67.2 Å². The fourth-order valence-electron chi connectivity index (χ4n) is 2.23. The number of halogens is 5.